The number of nitrogens with one attached hydrogen (secondary N) is 1. The molecule has 2 N–H and O–H groups in total. The maximum atomic E-state index is 10.6. The molecule has 0 aliphatic heterocycles. The number of rotatable bonds is 5. The van der Waals surface area contributed by atoms with Crippen LogP contribution in [0.4, 0.5) is 5.00 Å². The van der Waals surface area contributed by atoms with Crippen molar-refractivity contribution in [3.8, 4) is 5.75 Å². The molecule has 0 amide bonds. The van der Waals surface area contributed by atoms with E-state index in [1.54, 1.807) is 29.6 Å². The molecule has 0 bridgehead atoms. The zero-order valence-electron chi connectivity index (χ0n) is 10.4. The number of phenols is 1. The molecule has 2 aromatic rings. The van der Waals surface area contributed by atoms with Gasteiger partial charge in [0.2, 0.25) is 0 Å². The Morgan fingerprint density at radius 3 is 2.89 bits per heavy atom. The van der Waals surface area contributed by atoms with E-state index < -0.39 is 0 Å². The van der Waals surface area contributed by atoms with E-state index in [9.17, 15) is 15.2 Å². The summed E-state index contributed by atoms with van der Waals surface area (Å²) in [6, 6.07) is 8.68. The minimum absolute atomic E-state index is 0.0612. The van der Waals surface area contributed by atoms with Crippen LogP contribution in [0.1, 0.15) is 24.1 Å². The van der Waals surface area contributed by atoms with Crippen LogP contribution in [0.15, 0.2) is 35.7 Å². The quantitative estimate of drug-likeness (QED) is 0.650. The zero-order valence-corrected chi connectivity index (χ0v) is 11.2. The second-order valence-corrected chi connectivity index (χ2v) is 5.14. The first kappa shape index (κ1) is 13.5. The average molecular weight is 278 g/mol. The summed E-state index contributed by atoms with van der Waals surface area (Å²) in [5.74, 6) is 0.234. The lowest BCUT2D eigenvalue weighted by Crippen LogP contribution is -2.17. The van der Waals surface area contributed by atoms with Gasteiger partial charge in [0.15, 0.2) is 0 Å². The summed E-state index contributed by atoms with van der Waals surface area (Å²) in [6.45, 7) is 2.54. The van der Waals surface area contributed by atoms with E-state index >= 15 is 0 Å². The van der Waals surface area contributed by atoms with Gasteiger partial charge in [0.25, 0.3) is 0 Å². The molecular formula is C13H14N2O3S. The molecule has 100 valence electrons. The van der Waals surface area contributed by atoms with Crippen molar-refractivity contribution in [2.75, 3.05) is 0 Å². The Kier molecular flexibility index (Phi) is 4.13. The van der Waals surface area contributed by atoms with Crippen LogP contribution in [0.2, 0.25) is 0 Å². The summed E-state index contributed by atoms with van der Waals surface area (Å²) in [6.07, 6.45) is 0. The van der Waals surface area contributed by atoms with Crippen molar-refractivity contribution in [2.45, 2.75) is 19.5 Å². The van der Waals surface area contributed by atoms with E-state index in [1.165, 1.54) is 0 Å². The van der Waals surface area contributed by atoms with Crippen molar-refractivity contribution in [1.82, 2.24) is 5.32 Å². The van der Waals surface area contributed by atoms with E-state index in [4.69, 9.17) is 0 Å². The molecular weight excluding hydrogens is 264 g/mol. The molecule has 2 rings (SSSR count). The average Bonchev–Trinajstić information content (AvgIpc) is 2.85. The van der Waals surface area contributed by atoms with E-state index in [-0.39, 0.29) is 21.7 Å². The summed E-state index contributed by atoms with van der Waals surface area (Å²) >= 11 is 1.13. The number of nitrogens with zero attached hydrogens (tertiary/aromatic N) is 1. The summed E-state index contributed by atoms with van der Waals surface area (Å²) in [4.78, 5) is 10.2. The normalized spacial score (nSPS) is 12.3. The first-order valence-electron chi connectivity index (χ1n) is 5.80. The van der Waals surface area contributed by atoms with E-state index in [2.05, 4.69) is 5.32 Å². The van der Waals surface area contributed by atoms with Crippen LogP contribution in [-0.4, -0.2) is 10.0 Å². The molecule has 6 heteroatoms. The Morgan fingerprint density at radius 1 is 1.47 bits per heavy atom. The minimum Gasteiger partial charge on any atom is -0.508 e. The van der Waals surface area contributed by atoms with Crippen molar-refractivity contribution in [2.24, 2.45) is 0 Å². The molecule has 0 spiro atoms. The second-order valence-electron chi connectivity index (χ2n) is 4.25. The largest absolute Gasteiger partial charge is 0.508 e. The van der Waals surface area contributed by atoms with Gasteiger partial charge in [-0.05, 0) is 30.2 Å². The molecule has 0 aliphatic rings. The Bertz CT molecular complexity index is 583. The lowest BCUT2D eigenvalue weighted by atomic mass is 10.1. The van der Waals surface area contributed by atoms with Gasteiger partial charge in [0, 0.05) is 24.0 Å². The summed E-state index contributed by atoms with van der Waals surface area (Å²) in [5, 5.41) is 25.2. The van der Waals surface area contributed by atoms with Crippen LogP contribution in [0.25, 0.3) is 0 Å². The predicted octanol–water partition coefficient (Wildman–Crippen LogP) is 3.21. The van der Waals surface area contributed by atoms with Crippen LogP contribution < -0.4 is 5.32 Å². The molecule has 1 aromatic heterocycles. The van der Waals surface area contributed by atoms with Crippen molar-refractivity contribution < 1.29 is 10.0 Å². The summed E-state index contributed by atoms with van der Waals surface area (Å²) in [7, 11) is 0. The zero-order chi connectivity index (χ0) is 13.8. The van der Waals surface area contributed by atoms with E-state index in [0.717, 1.165) is 22.5 Å². The van der Waals surface area contributed by atoms with Crippen LogP contribution >= 0.6 is 11.3 Å². The smallest absolute Gasteiger partial charge is 0.324 e. The number of nitro groups is 1. The highest BCUT2D eigenvalue weighted by molar-refractivity contribution is 7.13. The van der Waals surface area contributed by atoms with Gasteiger partial charge in [-0.2, -0.15) is 0 Å². The number of hydrogen-bond acceptors (Lipinski definition) is 5. The van der Waals surface area contributed by atoms with Gasteiger partial charge in [-0.1, -0.05) is 23.5 Å². The molecule has 1 aromatic carbocycles. The predicted molar refractivity (Wildman–Crippen MR) is 74.3 cm³/mol. The van der Waals surface area contributed by atoms with Gasteiger partial charge in [0.05, 0.1) is 4.92 Å². The third-order valence-corrected chi connectivity index (χ3v) is 3.73. The third kappa shape index (κ3) is 3.52. The third-order valence-electron chi connectivity index (χ3n) is 2.80. The Labute approximate surface area is 114 Å². The number of aromatic hydroxyl groups is 1. The molecule has 19 heavy (non-hydrogen) atoms. The Hall–Kier alpha value is -1.92. The first-order chi connectivity index (χ1) is 9.06. The first-order valence-corrected chi connectivity index (χ1v) is 6.68. The van der Waals surface area contributed by atoms with E-state index in [1.807, 2.05) is 13.0 Å². The highest BCUT2D eigenvalue weighted by Gasteiger charge is 2.11. The fourth-order valence-corrected chi connectivity index (χ4v) is 2.46. The number of hydrogen-bond donors (Lipinski definition) is 2. The number of benzene rings is 1. The molecule has 0 aliphatic carbocycles. The van der Waals surface area contributed by atoms with E-state index in [0.29, 0.717) is 6.54 Å². The monoisotopic (exact) mass is 278 g/mol. The SMILES string of the molecule is CC(NCc1csc([N+](=O)[O-])c1)c1cccc(O)c1. The lowest BCUT2D eigenvalue weighted by molar-refractivity contribution is -0.380. The van der Waals surface area contributed by atoms with Crippen molar-refractivity contribution in [3.63, 3.8) is 0 Å². The van der Waals surface area contributed by atoms with Crippen molar-refractivity contribution in [1.29, 1.82) is 0 Å². The standard InChI is InChI=1S/C13H14N2O3S/c1-9(11-3-2-4-12(16)6-11)14-7-10-5-13(15(17)18)19-8-10/h2-6,8-9,14,16H,7H2,1H3. The van der Waals surface area contributed by atoms with Crippen LogP contribution in [0.5, 0.6) is 5.75 Å². The van der Waals surface area contributed by atoms with Gasteiger partial charge < -0.3 is 10.4 Å². The fraction of sp³-hybridized carbons (Fsp3) is 0.231. The Morgan fingerprint density at radius 2 is 2.26 bits per heavy atom. The number of phenolic OH excluding ortho intramolecular Hbond substituents is 1. The maximum absolute atomic E-state index is 10.6. The van der Waals surface area contributed by atoms with Crippen molar-refractivity contribution >= 4 is 16.3 Å². The highest BCUT2D eigenvalue weighted by Crippen LogP contribution is 2.23. The topological polar surface area (TPSA) is 75.4 Å². The minimum atomic E-state index is -0.382. The fourth-order valence-electron chi connectivity index (χ4n) is 1.73. The molecule has 0 fully saturated rings. The second kappa shape index (κ2) is 5.81. The molecule has 0 radical (unpaired) electrons. The van der Waals surface area contributed by atoms with Gasteiger partial charge in [-0.15, -0.1) is 0 Å². The van der Waals surface area contributed by atoms with Crippen molar-refractivity contribution in [3.05, 3.63) is 57.0 Å². The number of thiophene rings is 1. The maximum Gasteiger partial charge on any atom is 0.324 e. The summed E-state index contributed by atoms with van der Waals surface area (Å²) in [5.41, 5.74) is 1.87. The molecule has 5 nitrogen and oxygen atoms in total. The highest BCUT2D eigenvalue weighted by atomic mass is 32.1. The molecule has 1 heterocycles. The van der Waals surface area contributed by atoms with Gasteiger partial charge >= 0.3 is 5.00 Å². The van der Waals surface area contributed by atoms with Gasteiger partial charge in [0.1, 0.15) is 5.75 Å². The van der Waals surface area contributed by atoms with Gasteiger partial charge in [-0.3, -0.25) is 10.1 Å². The van der Waals surface area contributed by atoms with Gasteiger partial charge in [-0.25, -0.2) is 0 Å². The molecule has 1 atom stereocenters. The molecule has 1 unspecified atom stereocenters. The van der Waals surface area contributed by atoms with Crippen LogP contribution in [0.3, 0.4) is 0 Å². The lowest BCUT2D eigenvalue weighted by Gasteiger charge is -2.13. The molecule has 0 saturated heterocycles. The summed E-state index contributed by atoms with van der Waals surface area (Å²) < 4.78 is 0. The van der Waals surface area contributed by atoms with Crippen LogP contribution in [0, 0.1) is 10.1 Å². The Balaban J connectivity index is 1.96. The molecule has 0 saturated carbocycles. The van der Waals surface area contributed by atoms with Crippen LogP contribution in [-0.2, 0) is 6.54 Å².